The quantitative estimate of drug-likeness (QED) is 0.390. The van der Waals surface area contributed by atoms with Crippen molar-refractivity contribution in [3.63, 3.8) is 0 Å². The van der Waals surface area contributed by atoms with Crippen molar-refractivity contribution in [3.05, 3.63) is 23.8 Å². The second-order valence-electron chi connectivity index (χ2n) is 13.5. The van der Waals surface area contributed by atoms with Crippen LogP contribution in [0.4, 0.5) is 0 Å². The summed E-state index contributed by atoms with van der Waals surface area (Å²) >= 11 is 0. The lowest BCUT2D eigenvalue weighted by atomic mass is 9.46. The minimum atomic E-state index is -1.70. The lowest BCUT2D eigenvalue weighted by Crippen LogP contribution is -2.61. The van der Waals surface area contributed by atoms with Gasteiger partial charge < -0.3 is 20.3 Å². The number of hydrogen-bond acceptors (Lipinski definition) is 7. The third-order valence-electron chi connectivity index (χ3n) is 11.3. The molecule has 0 aromatic heterocycles. The van der Waals surface area contributed by atoms with Gasteiger partial charge in [0.2, 0.25) is 11.7 Å². The minimum Gasteiger partial charge on any atom is -0.458 e. The van der Waals surface area contributed by atoms with Gasteiger partial charge in [0.15, 0.2) is 12.4 Å². The Kier molecular flexibility index (Phi) is 8.14. The Morgan fingerprint density at radius 1 is 1.07 bits per heavy atom. The zero-order valence-electron chi connectivity index (χ0n) is 24.0. The third-order valence-corrected chi connectivity index (χ3v) is 11.3. The fraction of sp³-hybridized carbons (Fsp3) is 0.750. The van der Waals surface area contributed by atoms with Crippen LogP contribution in [-0.4, -0.2) is 58.5 Å². The van der Waals surface area contributed by atoms with E-state index in [2.05, 4.69) is 12.2 Å². The number of carbonyl (C=O) groups excluding carboxylic acids is 4. The molecule has 0 unspecified atom stereocenters. The number of Topliss-reactive ketones (excluding diaryl/α,β-unsaturated/α-hetero) is 1. The number of aliphatic hydroxyl groups is 2. The Morgan fingerprint density at radius 3 is 2.58 bits per heavy atom. The van der Waals surface area contributed by atoms with Gasteiger partial charge in [-0.25, -0.2) is 0 Å². The molecule has 8 nitrogen and oxygen atoms in total. The number of esters is 1. The van der Waals surface area contributed by atoms with E-state index < -0.39 is 40.9 Å². The molecule has 3 N–H and O–H groups in total. The number of ether oxygens (including phenoxy) is 1. The van der Waals surface area contributed by atoms with E-state index in [-0.39, 0.29) is 55.1 Å². The standard InChI is InChI=1S/C32H45NO7/c1-30-14-12-22(34)16-21(30)8-9-23-24-13-15-32(39,31(24,2)17-25(35)29(23)30)26(36)19-40-28(38)11-10-27(37)33-18-20-6-4-3-5-7-20/h12,14,16,20,23-25,29,35,39H,3-11,13,15,17-19H2,1-2H3,(H,33,37)/t23-,24+,25-,29-,30-,31-,32-/m0/s1. The Hall–Kier alpha value is -2.32. The first-order valence-corrected chi connectivity index (χ1v) is 15.3. The van der Waals surface area contributed by atoms with Crippen LogP contribution in [0.2, 0.25) is 0 Å². The fourth-order valence-corrected chi connectivity index (χ4v) is 9.08. The monoisotopic (exact) mass is 555 g/mol. The molecular weight excluding hydrogens is 510 g/mol. The largest absolute Gasteiger partial charge is 0.458 e. The molecule has 0 aliphatic heterocycles. The number of hydrogen-bond donors (Lipinski definition) is 3. The summed E-state index contributed by atoms with van der Waals surface area (Å²) < 4.78 is 5.24. The molecule has 8 heteroatoms. The fourth-order valence-electron chi connectivity index (χ4n) is 9.08. The van der Waals surface area contributed by atoms with Gasteiger partial charge in [0.05, 0.1) is 12.5 Å². The zero-order chi connectivity index (χ0) is 28.7. The van der Waals surface area contributed by atoms with E-state index in [1.165, 1.54) is 19.3 Å². The topological polar surface area (TPSA) is 130 Å². The lowest BCUT2D eigenvalue weighted by Gasteiger charge is -2.59. The predicted molar refractivity (Wildman–Crippen MR) is 148 cm³/mol. The molecule has 5 aliphatic carbocycles. The Balaban J connectivity index is 1.16. The molecule has 0 bridgehead atoms. The number of rotatable bonds is 8. The Labute approximate surface area is 237 Å². The maximum atomic E-state index is 13.4. The van der Waals surface area contributed by atoms with Gasteiger partial charge in [-0.05, 0) is 74.9 Å². The molecule has 0 heterocycles. The smallest absolute Gasteiger partial charge is 0.306 e. The van der Waals surface area contributed by atoms with E-state index in [1.54, 1.807) is 12.2 Å². The highest BCUT2D eigenvalue weighted by molar-refractivity contribution is 6.01. The second kappa shape index (κ2) is 11.2. The van der Waals surface area contributed by atoms with E-state index in [0.717, 1.165) is 31.3 Å². The summed E-state index contributed by atoms with van der Waals surface area (Å²) in [5.41, 5.74) is -1.90. The van der Waals surface area contributed by atoms with E-state index >= 15 is 0 Å². The summed E-state index contributed by atoms with van der Waals surface area (Å²) in [6.07, 6.45) is 13.0. The Bertz CT molecular complexity index is 1110. The van der Waals surface area contributed by atoms with Gasteiger partial charge in [-0.3, -0.25) is 19.2 Å². The van der Waals surface area contributed by atoms with Crippen molar-refractivity contribution in [2.24, 2.45) is 34.5 Å². The maximum absolute atomic E-state index is 13.4. The van der Waals surface area contributed by atoms with E-state index in [1.807, 2.05) is 13.0 Å². The summed E-state index contributed by atoms with van der Waals surface area (Å²) in [7, 11) is 0. The number of carbonyl (C=O) groups is 4. The van der Waals surface area contributed by atoms with Crippen LogP contribution in [0, 0.1) is 34.5 Å². The molecule has 4 saturated carbocycles. The van der Waals surface area contributed by atoms with Crippen LogP contribution in [-0.2, 0) is 23.9 Å². The SMILES string of the molecule is C[C@]12C=CC(=O)C=C1CC[C@@H]1[C@H]2[C@@H](O)C[C@@]2(C)[C@@H]1CC[C@]2(O)C(=O)COC(=O)CCC(=O)NCC1CCCCC1. The molecule has 4 fully saturated rings. The summed E-state index contributed by atoms with van der Waals surface area (Å²) in [6.45, 7) is 4.08. The number of fused-ring (bicyclic) bond motifs is 5. The first-order chi connectivity index (χ1) is 19.0. The number of amides is 1. The highest BCUT2D eigenvalue weighted by atomic mass is 16.5. The van der Waals surface area contributed by atoms with Crippen molar-refractivity contribution in [3.8, 4) is 0 Å². The number of allylic oxidation sites excluding steroid dienone is 4. The molecule has 0 saturated heterocycles. The minimum absolute atomic E-state index is 0.00824. The molecule has 0 spiro atoms. The van der Waals surface area contributed by atoms with E-state index in [4.69, 9.17) is 4.74 Å². The first kappa shape index (κ1) is 29.2. The molecule has 5 aliphatic rings. The van der Waals surface area contributed by atoms with Crippen LogP contribution in [0.15, 0.2) is 23.8 Å². The van der Waals surface area contributed by atoms with Crippen molar-refractivity contribution in [2.45, 2.75) is 103 Å². The van der Waals surface area contributed by atoms with E-state index in [9.17, 15) is 29.4 Å². The summed E-state index contributed by atoms with van der Waals surface area (Å²) in [6, 6.07) is 0. The van der Waals surface area contributed by atoms with Gasteiger partial charge in [-0.1, -0.05) is 44.8 Å². The first-order valence-electron chi connectivity index (χ1n) is 15.3. The van der Waals surface area contributed by atoms with Gasteiger partial charge in [-0.15, -0.1) is 0 Å². The number of aliphatic hydroxyl groups excluding tert-OH is 1. The van der Waals surface area contributed by atoms with Gasteiger partial charge in [0.25, 0.3) is 0 Å². The highest BCUT2D eigenvalue weighted by Crippen LogP contribution is 2.67. The van der Waals surface area contributed by atoms with Crippen LogP contribution in [0.5, 0.6) is 0 Å². The van der Waals surface area contributed by atoms with Crippen LogP contribution in [0.25, 0.3) is 0 Å². The molecule has 5 rings (SSSR count). The molecule has 220 valence electrons. The average Bonchev–Trinajstić information content (AvgIpc) is 3.20. The summed E-state index contributed by atoms with van der Waals surface area (Å²) in [5, 5.41) is 26.2. The van der Waals surface area contributed by atoms with Crippen LogP contribution in [0.3, 0.4) is 0 Å². The maximum Gasteiger partial charge on any atom is 0.306 e. The van der Waals surface area contributed by atoms with Crippen LogP contribution < -0.4 is 5.32 Å². The van der Waals surface area contributed by atoms with Crippen LogP contribution in [0.1, 0.15) is 90.9 Å². The van der Waals surface area contributed by atoms with E-state index in [0.29, 0.717) is 18.9 Å². The predicted octanol–water partition coefficient (Wildman–Crippen LogP) is 3.59. The lowest BCUT2D eigenvalue weighted by molar-refractivity contribution is -0.181. The van der Waals surface area contributed by atoms with Gasteiger partial charge in [0.1, 0.15) is 5.60 Å². The second-order valence-corrected chi connectivity index (χ2v) is 13.5. The zero-order valence-corrected chi connectivity index (χ0v) is 24.0. The van der Waals surface area contributed by atoms with Crippen molar-refractivity contribution >= 4 is 23.4 Å². The molecule has 7 atom stereocenters. The molecule has 1 amide bonds. The van der Waals surface area contributed by atoms with Crippen molar-refractivity contribution < 1.29 is 34.1 Å². The highest BCUT2D eigenvalue weighted by Gasteiger charge is 2.68. The third kappa shape index (κ3) is 5.11. The average molecular weight is 556 g/mol. The molecule has 40 heavy (non-hydrogen) atoms. The summed E-state index contributed by atoms with van der Waals surface area (Å²) in [4.78, 5) is 50.0. The molecule has 0 aromatic rings. The number of nitrogens with one attached hydrogen (secondary N) is 1. The number of ketones is 2. The summed E-state index contributed by atoms with van der Waals surface area (Å²) in [5.74, 6) is -0.832. The van der Waals surface area contributed by atoms with Crippen molar-refractivity contribution in [2.75, 3.05) is 13.2 Å². The molecule has 0 radical (unpaired) electrons. The molecule has 0 aromatic carbocycles. The normalized spacial score (nSPS) is 39.0. The van der Waals surface area contributed by atoms with Gasteiger partial charge in [-0.2, -0.15) is 0 Å². The van der Waals surface area contributed by atoms with Crippen molar-refractivity contribution in [1.29, 1.82) is 0 Å². The van der Waals surface area contributed by atoms with Gasteiger partial charge in [0, 0.05) is 29.7 Å². The molecular formula is C32H45NO7. The Morgan fingerprint density at radius 2 is 1.82 bits per heavy atom. The van der Waals surface area contributed by atoms with Crippen molar-refractivity contribution in [1.82, 2.24) is 5.32 Å². The van der Waals surface area contributed by atoms with Crippen LogP contribution >= 0.6 is 0 Å². The van der Waals surface area contributed by atoms with Gasteiger partial charge >= 0.3 is 5.97 Å².